The number of anilines is 1. The van der Waals surface area contributed by atoms with Crippen molar-refractivity contribution in [3.63, 3.8) is 0 Å². The van der Waals surface area contributed by atoms with E-state index in [0.717, 1.165) is 37.5 Å². The summed E-state index contributed by atoms with van der Waals surface area (Å²) in [5.74, 6) is 0.918. The predicted octanol–water partition coefficient (Wildman–Crippen LogP) is 3.72. The van der Waals surface area contributed by atoms with Gasteiger partial charge in [0.05, 0.1) is 11.8 Å². The molecule has 0 radical (unpaired) electrons. The van der Waals surface area contributed by atoms with Crippen LogP contribution in [0.2, 0.25) is 0 Å². The van der Waals surface area contributed by atoms with Crippen molar-refractivity contribution in [1.82, 2.24) is 5.32 Å². The Balaban J connectivity index is 1.66. The van der Waals surface area contributed by atoms with E-state index in [1.165, 1.54) is 5.56 Å². The molecule has 0 saturated carbocycles. The molecule has 0 aliphatic rings. The summed E-state index contributed by atoms with van der Waals surface area (Å²) in [6.07, 6.45) is 1.25. The SMILES string of the molecule is CC(C)Oc1ccccc1NCCNCCc1ccccc1. The quantitative estimate of drug-likeness (QED) is 0.692. The fourth-order valence-electron chi connectivity index (χ4n) is 2.26. The van der Waals surface area contributed by atoms with Gasteiger partial charge in [0.2, 0.25) is 0 Å². The van der Waals surface area contributed by atoms with Crippen LogP contribution in [-0.4, -0.2) is 25.7 Å². The van der Waals surface area contributed by atoms with Crippen molar-refractivity contribution in [2.75, 3.05) is 25.0 Å². The number of benzene rings is 2. The third-order valence-corrected chi connectivity index (χ3v) is 3.30. The first-order valence-electron chi connectivity index (χ1n) is 8.00. The Labute approximate surface area is 133 Å². The highest BCUT2D eigenvalue weighted by molar-refractivity contribution is 5.56. The van der Waals surface area contributed by atoms with Gasteiger partial charge in [0.1, 0.15) is 5.75 Å². The van der Waals surface area contributed by atoms with Crippen LogP contribution < -0.4 is 15.4 Å². The topological polar surface area (TPSA) is 33.3 Å². The highest BCUT2D eigenvalue weighted by Crippen LogP contribution is 2.24. The summed E-state index contributed by atoms with van der Waals surface area (Å²) < 4.78 is 5.80. The van der Waals surface area contributed by atoms with Crippen molar-refractivity contribution >= 4 is 5.69 Å². The van der Waals surface area contributed by atoms with Gasteiger partial charge in [-0.05, 0) is 44.5 Å². The van der Waals surface area contributed by atoms with Crippen molar-refractivity contribution in [3.8, 4) is 5.75 Å². The van der Waals surface area contributed by atoms with Crippen molar-refractivity contribution in [1.29, 1.82) is 0 Å². The fraction of sp³-hybridized carbons (Fsp3) is 0.368. The lowest BCUT2D eigenvalue weighted by atomic mass is 10.1. The van der Waals surface area contributed by atoms with Gasteiger partial charge in [0.25, 0.3) is 0 Å². The van der Waals surface area contributed by atoms with Gasteiger partial charge < -0.3 is 15.4 Å². The smallest absolute Gasteiger partial charge is 0.142 e. The van der Waals surface area contributed by atoms with Crippen LogP contribution in [0.25, 0.3) is 0 Å². The maximum absolute atomic E-state index is 5.80. The Bertz CT molecular complexity index is 540. The van der Waals surface area contributed by atoms with Crippen LogP contribution in [0.1, 0.15) is 19.4 Å². The van der Waals surface area contributed by atoms with E-state index in [4.69, 9.17) is 4.74 Å². The molecule has 3 nitrogen and oxygen atoms in total. The van der Waals surface area contributed by atoms with E-state index in [1.807, 2.05) is 32.0 Å². The molecule has 0 saturated heterocycles. The first-order chi connectivity index (χ1) is 10.8. The zero-order valence-electron chi connectivity index (χ0n) is 13.5. The normalized spacial score (nSPS) is 10.7. The molecule has 0 unspecified atom stereocenters. The van der Waals surface area contributed by atoms with Gasteiger partial charge in [0.15, 0.2) is 0 Å². The third kappa shape index (κ3) is 5.78. The van der Waals surface area contributed by atoms with Crippen LogP contribution in [0, 0.1) is 0 Å². The molecule has 0 atom stereocenters. The summed E-state index contributed by atoms with van der Waals surface area (Å²) >= 11 is 0. The van der Waals surface area contributed by atoms with Crippen LogP contribution >= 0.6 is 0 Å². The number of rotatable bonds is 9. The molecule has 118 valence electrons. The Hall–Kier alpha value is -2.00. The number of nitrogens with one attached hydrogen (secondary N) is 2. The molecular weight excluding hydrogens is 272 g/mol. The van der Waals surface area contributed by atoms with Gasteiger partial charge in [0, 0.05) is 13.1 Å². The molecule has 0 bridgehead atoms. The molecule has 22 heavy (non-hydrogen) atoms. The maximum Gasteiger partial charge on any atom is 0.142 e. The Morgan fingerprint density at radius 3 is 2.36 bits per heavy atom. The van der Waals surface area contributed by atoms with Crippen LogP contribution in [0.4, 0.5) is 5.69 Å². The second kappa shape index (κ2) is 9.11. The maximum atomic E-state index is 5.80. The summed E-state index contributed by atoms with van der Waals surface area (Å²) in [6, 6.07) is 18.6. The molecular formula is C19H26N2O. The minimum Gasteiger partial charge on any atom is -0.489 e. The number of ether oxygens (including phenoxy) is 1. The van der Waals surface area contributed by atoms with E-state index >= 15 is 0 Å². The Kier molecular flexibility index (Phi) is 6.78. The summed E-state index contributed by atoms with van der Waals surface area (Å²) in [7, 11) is 0. The molecule has 0 heterocycles. The lowest BCUT2D eigenvalue weighted by Crippen LogP contribution is -2.24. The largest absolute Gasteiger partial charge is 0.489 e. The first-order valence-corrected chi connectivity index (χ1v) is 8.00. The number of para-hydroxylation sites is 2. The van der Waals surface area contributed by atoms with Crippen LogP contribution in [-0.2, 0) is 6.42 Å². The van der Waals surface area contributed by atoms with E-state index in [9.17, 15) is 0 Å². The Morgan fingerprint density at radius 1 is 0.864 bits per heavy atom. The lowest BCUT2D eigenvalue weighted by Gasteiger charge is -2.15. The van der Waals surface area contributed by atoms with Gasteiger partial charge in [-0.15, -0.1) is 0 Å². The molecule has 2 N–H and O–H groups in total. The molecule has 0 amide bonds. The zero-order valence-corrected chi connectivity index (χ0v) is 13.5. The van der Waals surface area contributed by atoms with E-state index in [2.05, 4.69) is 47.0 Å². The zero-order chi connectivity index (χ0) is 15.6. The van der Waals surface area contributed by atoms with E-state index < -0.39 is 0 Å². The third-order valence-electron chi connectivity index (χ3n) is 3.30. The molecule has 2 rings (SSSR count). The van der Waals surface area contributed by atoms with Gasteiger partial charge in [-0.3, -0.25) is 0 Å². The number of hydrogen-bond acceptors (Lipinski definition) is 3. The number of hydrogen-bond donors (Lipinski definition) is 2. The molecule has 0 fully saturated rings. The lowest BCUT2D eigenvalue weighted by molar-refractivity contribution is 0.243. The fourth-order valence-corrected chi connectivity index (χ4v) is 2.26. The summed E-state index contributed by atoms with van der Waals surface area (Å²) in [6.45, 7) is 6.90. The minimum absolute atomic E-state index is 0.187. The van der Waals surface area contributed by atoms with E-state index in [1.54, 1.807) is 0 Å². The summed E-state index contributed by atoms with van der Waals surface area (Å²) in [5, 5.41) is 6.89. The first kappa shape index (κ1) is 16.4. The van der Waals surface area contributed by atoms with Crippen molar-refractivity contribution in [2.45, 2.75) is 26.4 Å². The van der Waals surface area contributed by atoms with Gasteiger partial charge >= 0.3 is 0 Å². The predicted molar refractivity (Wildman–Crippen MR) is 93.7 cm³/mol. The average Bonchev–Trinajstić information content (AvgIpc) is 2.52. The molecule has 0 spiro atoms. The second-order valence-electron chi connectivity index (χ2n) is 5.58. The molecule has 3 heteroatoms. The molecule has 2 aromatic rings. The summed E-state index contributed by atoms with van der Waals surface area (Å²) in [4.78, 5) is 0. The molecule has 2 aromatic carbocycles. The van der Waals surface area contributed by atoms with Crippen LogP contribution in [0.15, 0.2) is 54.6 Å². The highest BCUT2D eigenvalue weighted by Gasteiger charge is 2.03. The van der Waals surface area contributed by atoms with Gasteiger partial charge in [-0.1, -0.05) is 42.5 Å². The second-order valence-corrected chi connectivity index (χ2v) is 5.58. The minimum atomic E-state index is 0.187. The highest BCUT2D eigenvalue weighted by atomic mass is 16.5. The van der Waals surface area contributed by atoms with Crippen LogP contribution in [0.5, 0.6) is 5.75 Å². The molecule has 0 aromatic heterocycles. The van der Waals surface area contributed by atoms with E-state index in [0.29, 0.717) is 0 Å². The van der Waals surface area contributed by atoms with Gasteiger partial charge in [-0.2, -0.15) is 0 Å². The van der Waals surface area contributed by atoms with E-state index in [-0.39, 0.29) is 6.10 Å². The average molecular weight is 298 g/mol. The standard InChI is InChI=1S/C19H26N2O/c1-16(2)22-19-11-7-6-10-18(19)21-15-14-20-13-12-17-8-4-3-5-9-17/h3-11,16,20-21H,12-15H2,1-2H3. The Morgan fingerprint density at radius 2 is 1.59 bits per heavy atom. The van der Waals surface area contributed by atoms with Crippen molar-refractivity contribution < 1.29 is 4.74 Å². The van der Waals surface area contributed by atoms with Gasteiger partial charge in [-0.25, -0.2) is 0 Å². The van der Waals surface area contributed by atoms with Crippen molar-refractivity contribution in [3.05, 3.63) is 60.2 Å². The van der Waals surface area contributed by atoms with Crippen LogP contribution in [0.3, 0.4) is 0 Å². The monoisotopic (exact) mass is 298 g/mol. The van der Waals surface area contributed by atoms with Crippen molar-refractivity contribution in [2.24, 2.45) is 0 Å². The summed E-state index contributed by atoms with van der Waals surface area (Å²) in [5.41, 5.74) is 2.43. The molecule has 0 aliphatic heterocycles. The molecule has 0 aliphatic carbocycles.